The quantitative estimate of drug-likeness (QED) is 0.163. The van der Waals surface area contributed by atoms with Gasteiger partial charge in [-0.1, -0.05) is 65.4 Å². The normalized spacial score (nSPS) is 14.4. The van der Waals surface area contributed by atoms with Gasteiger partial charge < -0.3 is 18.9 Å². The molecule has 0 amide bonds. The Kier molecular flexibility index (Phi) is 10.4. The molecule has 0 spiro atoms. The maximum absolute atomic E-state index is 14.2. The summed E-state index contributed by atoms with van der Waals surface area (Å²) in [5, 5.41) is 0.523. The third kappa shape index (κ3) is 7.00. The van der Waals surface area contributed by atoms with Crippen LogP contribution in [0.5, 0.6) is 11.5 Å². The third-order valence-electron chi connectivity index (χ3n) is 6.75. The Morgan fingerprint density at radius 3 is 2.42 bits per heavy atom. The number of thiazole rings is 1. The van der Waals surface area contributed by atoms with Crippen LogP contribution in [0.3, 0.4) is 0 Å². The summed E-state index contributed by atoms with van der Waals surface area (Å²) in [6.07, 6.45) is 1.73. The number of esters is 2. The second kappa shape index (κ2) is 14.4. The van der Waals surface area contributed by atoms with Crippen molar-refractivity contribution in [3.8, 4) is 11.5 Å². The van der Waals surface area contributed by atoms with E-state index in [2.05, 4.69) is 22.6 Å². The number of hydrogen-bond donors (Lipinski definition) is 0. The van der Waals surface area contributed by atoms with Gasteiger partial charge in [-0.2, -0.15) is 0 Å². The molecule has 0 N–H and O–H groups in total. The van der Waals surface area contributed by atoms with Gasteiger partial charge >= 0.3 is 11.9 Å². The van der Waals surface area contributed by atoms with Crippen LogP contribution < -0.4 is 24.4 Å². The van der Waals surface area contributed by atoms with Crippen molar-refractivity contribution in [1.82, 2.24) is 4.57 Å². The van der Waals surface area contributed by atoms with Crippen molar-refractivity contribution in [2.75, 3.05) is 26.9 Å². The Labute approximate surface area is 281 Å². The molecule has 3 aromatic carbocycles. The number of nitrogens with zero attached hydrogens (tertiary/aromatic N) is 2. The lowest BCUT2D eigenvalue weighted by atomic mass is 9.93. The maximum atomic E-state index is 14.2. The molecule has 1 aromatic heterocycles. The molecule has 5 rings (SSSR count). The van der Waals surface area contributed by atoms with E-state index in [-0.39, 0.29) is 31.0 Å². The highest BCUT2D eigenvalue weighted by Gasteiger charge is 2.35. The summed E-state index contributed by atoms with van der Waals surface area (Å²) in [5.74, 6) is -0.279. The Hall–Kier alpha value is -3.94. The first kappa shape index (κ1) is 32.5. The minimum atomic E-state index is -0.816. The molecule has 0 unspecified atom stereocenters. The van der Waals surface area contributed by atoms with Gasteiger partial charge in [-0.15, -0.1) is 0 Å². The Morgan fingerprint density at radius 2 is 1.76 bits per heavy atom. The van der Waals surface area contributed by atoms with Crippen molar-refractivity contribution >= 4 is 69.2 Å². The largest absolute Gasteiger partial charge is 0.493 e. The summed E-state index contributed by atoms with van der Waals surface area (Å²) >= 11 is 9.51. The van der Waals surface area contributed by atoms with Gasteiger partial charge in [0, 0.05) is 10.6 Å². The van der Waals surface area contributed by atoms with E-state index in [0.29, 0.717) is 46.2 Å². The molecule has 1 aliphatic heterocycles. The zero-order valence-corrected chi connectivity index (χ0v) is 28.3. The number of methoxy groups -OCH3 is 1. The number of carbonyl (C=O) groups is 2. The minimum absolute atomic E-state index is 0.155. The van der Waals surface area contributed by atoms with Crippen LogP contribution in [0.25, 0.3) is 11.8 Å². The molecular weight excluding hydrogens is 731 g/mol. The van der Waals surface area contributed by atoms with Gasteiger partial charge in [-0.05, 0) is 77.9 Å². The minimum Gasteiger partial charge on any atom is -0.493 e. The third-order valence-corrected chi connectivity index (χ3v) is 8.78. The molecule has 0 aliphatic carbocycles. The van der Waals surface area contributed by atoms with E-state index in [1.807, 2.05) is 36.4 Å². The summed E-state index contributed by atoms with van der Waals surface area (Å²) in [6, 6.07) is 19.1. The topological polar surface area (TPSA) is 105 Å². The summed E-state index contributed by atoms with van der Waals surface area (Å²) in [5.41, 5.74) is 2.42. The Bertz CT molecular complexity index is 1950. The SMILES string of the molecule is CCOC(=O)COc1c(I)cc(/C=c2\sc3n(c2=O)[C@@H](c2ccc(Cl)cc2)C(C(=O)OCC)=C(c2ccccc2)N=3)cc1OC. The molecule has 0 saturated carbocycles. The monoisotopic (exact) mass is 758 g/mol. The van der Waals surface area contributed by atoms with E-state index in [1.54, 1.807) is 50.3 Å². The van der Waals surface area contributed by atoms with Gasteiger partial charge in [-0.25, -0.2) is 14.6 Å². The standard InChI is InChI=1S/C33H28ClIN2O7S/c1-4-42-26(38)18-44-30-23(35)15-19(16-24(30)41-3)17-25-31(39)37-29(21-11-13-22(34)14-12-21)27(32(40)43-5-2)28(36-33(37)45-25)20-9-7-6-8-10-20/h6-17,29H,4-5,18H2,1-3H3/b25-17-/t29-/m0/s1. The van der Waals surface area contributed by atoms with E-state index in [1.165, 1.54) is 23.0 Å². The summed E-state index contributed by atoms with van der Waals surface area (Å²) in [7, 11) is 1.49. The van der Waals surface area contributed by atoms with Crippen LogP contribution in [0, 0.1) is 3.57 Å². The summed E-state index contributed by atoms with van der Waals surface area (Å²) < 4.78 is 24.3. The number of aromatic nitrogens is 1. The molecule has 12 heteroatoms. The first-order valence-corrected chi connectivity index (χ1v) is 16.2. The van der Waals surface area contributed by atoms with Gasteiger partial charge in [0.15, 0.2) is 22.9 Å². The van der Waals surface area contributed by atoms with Crippen molar-refractivity contribution in [2.45, 2.75) is 19.9 Å². The van der Waals surface area contributed by atoms with E-state index in [9.17, 15) is 14.4 Å². The Morgan fingerprint density at radius 1 is 1.04 bits per heavy atom. The van der Waals surface area contributed by atoms with Crippen LogP contribution in [0.15, 0.2) is 82.1 Å². The van der Waals surface area contributed by atoms with Crippen molar-refractivity contribution in [2.24, 2.45) is 4.99 Å². The van der Waals surface area contributed by atoms with Crippen LogP contribution in [0.4, 0.5) is 0 Å². The molecule has 9 nitrogen and oxygen atoms in total. The number of ether oxygens (including phenoxy) is 4. The lowest BCUT2D eigenvalue weighted by Crippen LogP contribution is -2.40. The van der Waals surface area contributed by atoms with Crippen LogP contribution in [-0.4, -0.2) is 43.4 Å². The molecule has 0 bridgehead atoms. The van der Waals surface area contributed by atoms with E-state index >= 15 is 0 Å². The van der Waals surface area contributed by atoms with Crippen LogP contribution in [-0.2, 0) is 19.1 Å². The molecule has 0 radical (unpaired) electrons. The van der Waals surface area contributed by atoms with Gasteiger partial charge in [0.25, 0.3) is 5.56 Å². The highest BCUT2D eigenvalue weighted by molar-refractivity contribution is 14.1. The highest BCUT2D eigenvalue weighted by atomic mass is 127. The van der Waals surface area contributed by atoms with Crippen LogP contribution >= 0.6 is 45.5 Å². The van der Waals surface area contributed by atoms with Gasteiger partial charge in [0.1, 0.15) is 0 Å². The van der Waals surface area contributed by atoms with Gasteiger partial charge in [0.05, 0.1) is 45.7 Å². The van der Waals surface area contributed by atoms with Crippen LogP contribution in [0.1, 0.15) is 36.6 Å². The molecule has 2 heterocycles. The number of hydrogen-bond acceptors (Lipinski definition) is 9. The lowest BCUT2D eigenvalue weighted by molar-refractivity contribution is -0.145. The second-order valence-electron chi connectivity index (χ2n) is 9.61. The zero-order valence-electron chi connectivity index (χ0n) is 24.5. The van der Waals surface area contributed by atoms with Crippen molar-refractivity contribution in [3.05, 3.63) is 117 Å². The van der Waals surface area contributed by atoms with Crippen molar-refractivity contribution in [1.29, 1.82) is 0 Å². The van der Waals surface area contributed by atoms with Crippen LogP contribution in [0.2, 0.25) is 5.02 Å². The fourth-order valence-electron chi connectivity index (χ4n) is 4.85. The second-order valence-corrected chi connectivity index (χ2v) is 12.2. The Balaban J connectivity index is 1.69. The number of fused-ring (bicyclic) bond motifs is 1. The van der Waals surface area contributed by atoms with Crippen molar-refractivity contribution < 1.29 is 28.5 Å². The molecule has 4 aromatic rings. The molecular formula is C33H28ClIN2O7S. The first-order valence-electron chi connectivity index (χ1n) is 14.0. The summed E-state index contributed by atoms with van der Waals surface area (Å²) in [6.45, 7) is 3.59. The van der Waals surface area contributed by atoms with Gasteiger partial charge in [0.2, 0.25) is 0 Å². The number of halogens is 2. The molecule has 1 atom stereocenters. The zero-order chi connectivity index (χ0) is 32.1. The average molecular weight is 759 g/mol. The predicted octanol–water partition coefficient (Wildman–Crippen LogP) is 5.14. The number of rotatable bonds is 10. The summed E-state index contributed by atoms with van der Waals surface area (Å²) in [4.78, 5) is 44.9. The molecule has 1 aliphatic rings. The molecule has 0 fully saturated rings. The number of benzene rings is 3. The van der Waals surface area contributed by atoms with E-state index < -0.39 is 18.0 Å². The number of carbonyl (C=O) groups excluding carboxylic acids is 2. The lowest BCUT2D eigenvalue weighted by Gasteiger charge is -2.25. The highest BCUT2D eigenvalue weighted by Crippen LogP contribution is 2.36. The average Bonchev–Trinajstić information content (AvgIpc) is 3.34. The molecule has 45 heavy (non-hydrogen) atoms. The smallest absolute Gasteiger partial charge is 0.344 e. The van der Waals surface area contributed by atoms with E-state index in [0.717, 1.165) is 5.56 Å². The fraction of sp³-hybridized carbons (Fsp3) is 0.212. The molecule has 0 saturated heterocycles. The van der Waals surface area contributed by atoms with E-state index in [4.69, 9.17) is 35.5 Å². The molecule has 232 valence electrons. The maximum Gasteiger partial charge on any atom is 0.344 e. The van der Waals surface area contributed by atoms with Crippen molar-refractivity contribution in [3.63, 3.8) is 0 Å². The van der Waals surface area contributed by atoms with Gasteiger partial charge in [-0.3, -0.25) is 9.36 Å². The fourth-order valence-corrected chi connectivity index (χ4v) is 6.76. The predicted molar refractivity (Wildman–Crippen MR) is 180 cm³/mol. The first-order chi connectivity index (χ1) is 21.7.